The third-order valence-corrected chi connectivity index (χ3v) is 4.82. The fraction of sp³-hybridized carbons (Fsp3) is 0.533. The molecule has 0 radical (unpaired) electrons. The van der Waals surface area contributed by atoms with Gasteiger partial charge in [-0.05, 0) is 49.5 Å². The number of benzene rings is 1. The largest absolute Gasteiger partial charge is 1.00 e. The molecule has 4 rings (SSSR count). The van der Waals surface area contributed by atoms with Gasteiger partial charge in [0.25, 0.3) is 0 Å². The fourth-order valence-electron chi connectivity index (χ4n) is 3.55. The predicted molar refractivity (Wildman–Crippen MR) is 77.0 cm³/mol. The second-order valence-electron chi connectivity index (χ2n) is 5.89. The molecule has 0 aromatic heterocycles. The van der Waals surface area contributed by atoms with Crippen LogP contribution < -0.4 is 17.0 Å². The zero-order chi connectivity index (χ0) is 13.3. The monoisotopic (exact) mass is 356 g/mol. The van der Waals surface area contributed by atoms with Crippen molar-refractivity contribution in [1.82, 2.24) is 0 Å². The number of fused-ring (bicyclic) bond motifs is 3. The van der Waals surface area contributed by atoms with Gasteiger partial charge in [-0.25, -0.2) is 4.39 Å². The van der Waals surface area contributed by atoms with Crippen LogP contribution in [0.3, 0.4) is 0 Å². The van der Waals surface area contributed by atoms with E-state index in [-0.39, 0.29) is 28.5 Å². The maximum Gasteiger partial charge on any atom is 0.150 e. The first-order valence-corrected chi connectivity index (χ1v) is 7.33. The van der Waals surface area contributed by atoms with E-state index in [0.29, 0.717) is 0 Å². The fourth-order valence-corrected chi connectivity index (χ4v) is 3.65. The molecular weight excluding hydrogens is 339 g/mol. The second-order valence-corrected chi connectivity index (χ2v) is 6.07. The summed E-state index contributed by atoms with van der Waals surface area (Å²) in [5, 5.41) is 2.22. The van der Waals surface area contributed by atoms with Crippen LogP contribution in [0.25, 0.3) is 0 Å². The Bertz CT molecular complexity index is 521. The lowest BCUT2D eigenvalue weighted by Gasteiger charge is -2.49. The van der Waals surface area contributed by atoms with E-state index < -0.39 is 0 Å². The maximum absolute atomic E-state index is 13.8. The van der Waals surface area contributed by atoms with E-state index in [9.17, 15) is 4.39 Å². The number of halogens is 2. The highest BCUT2D eigenvalue weighted by atomic mass is 79.9. The van der Waals surface area contributed by atoms with Crippen LogP contribution in [0.1, 0.15) is 24.8 Å². The molecule has 3 heterocycles. The first-order valence-electron chi connectivity index (χ1n) is 6.92. The van der Waals surface area contributed by atoms with Gasteiger partial charge >= 0.3 is 0 Å². The highest BCUT2D eigenvalue weighted by Gasteiger charge is 2.39. The number of hydrogen-bond acceptors (Lipinski definition) is 2. The Morgan fingerprint density at radius 1 is 1.25 bits per heavy atom. The van der Waals surface area contributed by atoms with Crippen LogP contribution >= 0.6 is 12.2 Å². The summed E-state index contributed by atoms with van der Waals surface area (Å²) < 4.78 is 15.0. The van der Waals surface area contributed by atoms with Gasteiger partial charge in [0.2, 0.25) is 0 Å². The van der Waals surface area contributed by atoms with Gasteiger partial charge < -0.3 is 21.5 Å². The van der Waals surface area contributed by atoms with E-state index >= 15 is 0 Å². The van der Waals surface area contributed by atoms with E-state index in [4.69, 9.17) is 0 Å². The minimum absolute atomic E-state index is 0. The minimum atomic E-state index is -0.292. The summed E-state index contributed by atoms with van der Waals surface area (Å²) in [5.74, 6) is 0.663. The molecule has 1 aromatic rings. The van der Waals surface area contributed by atoms with E-state index in [1.165, 1.54) is 38.9 Å². The summed E-state index contributed by atoms with van der Waals surface area (Å²) in [6, 6.07) is 5.29. The Balaban J connectivity index is 0.00000147. The van der Waals surface area contributed by atoms with Gasteiger partial charge in [0, 0.05) is 5.56 Å². The maximum atomic E-state index is 13.8. The molecule has 0 unspecified atom stereocenters. The number of piperidine rings is 3. The lowest BCUT2D eigenvalue weighted by Crippen LogP contribution is -3.00. The second kappa shape index (κ2) is 6.44. The highest BCUT2D eigenvalue weighted by Crippen LogP contribution is 2.35. The highest BCUT2D eigenvalue weighted by molar-refractivity contribution is 7.78. The zero-order valence-corrected chi connectivity index (χ0v) is 13.7. The SMILES string of the molecule is Fc1cc(C[N+]23CCC(CC2)CC3)ccc1N=C=S.[Br-]. The standard InChI is InChI=1S/C15H18FN2S.BrH/c16-14-9-13(1-2-15(14)17-11-19)10-18-6-3-12(4-7-18)5-8-18;/h1-2,9,12H,3-8,10H2;1H/q+1;/p-1. The molecule has 20 heavy (non-hydrogen) atoms. The Kier molecular flexibility index (Phi) is 5.08. The molecule has 0 atom stereocenters. The third-order valence-electron chi connectivity index (χ3n) is 4.73. The van der Waals surface area contributed by atoms with E-state index in [2.05, 4.69) is 22.4 Å². The van der Waals surface area contributed by atoms with Crippen LogP contribution in [0.5, 0.6) is 0 Å². The molecular formula is C15H18BrFN2S. The van der Waals surface area contributed by atoms with Gasteiger partial charge in [0.05, 0.1) is 24.8 Å². The van der Waals surface area contributed by atoms with Gasteiger partial charge in [0.1, 0.15) is 18.0 Å². The number of rotatable bonds is 3. The molecule has 1 aromatic carbocycles. The Morgan fingerprint density at radius 3 is 2.45 bits per heavy atom. The molecule has 3 aliphatic rings. The lowest BCUT2D eigenvalue weighted by molar-refractivity contribution is -0.955. The van der Waals surface area contributed by atoms with Crippen molar-refractivity contribution in [3.05, 3.63) is 29.6 Å². The number of nitrogens with zero attached hydrogens (tertiary/aromatic N) is 2. The lowest BCUT2D eigenvalue weighted by atomic mass is 9.85. The van der Waals surface area contributed by atoms with Crippen LogP contribution in [0.15, 0.2) is 23.2 Å². The van der Waals surface area contributed by atoms with Gasteiger partial charge in [0.15, 0.2) is 0 Å². The van der Waals surface area contributed by atoms with Gasteiger partial charge in [-0.15, -0.1) is 0 Å². The van der Waals surface area contributed by atoms with Crippen LogP contribution in [0.4, 0.5) is 10.1 Å². The smallest absolute Gasteiger partial charge is 0.150 e. The Hall–Kier alpha value is -0.610. The first-order chi connectivity index (χ1) is 9.21. The van der Waals surface area contributed by atoms with Crippen molar-refractivity contribution in [2.24, 2.45) is 10.9 Å². The first kappa shape index (κ1) is 15.8. The number of quaternary nitrogens is 1. The summed E-state index contributed by atoms with van der Waals surface area (Å²) >= 11 is 4.51. The summed E-state index contributed by atoms with van der Waals surface area (Å²) in [4.78, 5) is 3.72. The topological polar surface area (TPSA) is 12.4 Å². The summed E-state index contributed by atoms with van der Waals surface area (Å²) in [7, 11) is 0. The van der Waals surface area contributed by atoms with E-state index in [1.807, 2.05) is 6.07 Å². The van der Waals surface area contributed by atoms with Crippen LogP contribution in [0, 0.1) is 11.7 Å². The number of hydrogen-bond donors (Lipinski definition) is 0. The Morgan fingerprint density at radius 2 is 1.90 bits per heavy atom. The van der Waals surface area contributed by atoms with E-state index in [0.717, 1.165) is 22.5 Å². The molecule has 108 valence electrons. The Labute approximate surface area is 135 Å². The number of isothiocyanates is 1. The molecule has 3 fully saturated rings. The van der Waals surface area contributed by atoms with Crippen molar-refractivity contribution < 1.29 is 25.9 Å². The molecule has 3 aliphatic heterocycles. The van der Waals surface area contributed by atoms with Gasteiger partial charge in [-0.3, -0.25) is 0 Å². The average Bonchev–Trinajstić information content (AvgIpc) is 2.44. The molecule has 2 nitrogen and oxygen atoms in total. The van der Waals surface area contributed by atoms with E-state index in [1.54, 1.807) is 12.1 Å². The van der Waals surface area contributed by atoms with Crippen molar-refractivity contribution >= 4 is 23.1 Å². The molecule has 0 saturated carbocycles. The predicted octanol–water partition coefficient (Wildman–Crippen LogP) is 0.695. The normalized spacial score (nSPS) is 27.6. The summed E-state index contributed by atoms with van der Waals surface area (Å²) in [6.45, 7) is 4.72. The molecule has 2 bridgehead atoms. The summed E-state index contributed by atoms with van der Waals surface area (Å²) in [6.07, 6.45) is 4.03. The van der Waals surface area contributed by atoms with Crippen molar-refractivity contribution in [2.75, 3.05) is 19.6 Å². The summed E-state index contributed by atoms with van der Waals surface area (Å²) in [5.41, 5.74) is 1.36. The quantitative estimate of drug-likeness (QED) is 0.441. The third kappa shape index (κ3) is 3.17. The van der Waals surface area contributed by atoms with Crippen LogP contribution in [-0.4, -0.2) is 29.3 Å². The molecule has 0 spiro atoms. The van der Waals surface area contributed by atoms with Crippen molar-refractivity contribution in [1.29, 1.82) is 0 Å². The zero-order valence-electron chi connectivity index (χ0n) is 11.3. The molecule has 5 heteroatoms. The average molecular weight is 357 g/mol. The number of thiocarbonyl (C=S) groups is 1. The molecule has 0 N–H and O–H groups in total. The minimum Gasteiger partial charge on any atom is -1.00 e. The van der Waals surface area contributed by atoms with Crippen LogP contribution in [0.2, 0.25) is 0 Å². The molecule has 0 amide bonds. The van der Waals surface area contributed by atoms with Crippen molar-refractivity contribution in [3.63, 3.8) is 0 Å². The molecule has 3 saturated heterocycles. The van der Waals surface area contributed by atoms with Crippen LogP contribution in [-0.2, 0) is 6.54 Å². The van der Waals surface area contributed by atoms with Crippen molar-refractivity contribution in [2.45, 2.75) is 25.8 Å². The molecule has 0 aliphatic carbocycles. The van der Waals surface area contributed by atoms with Crippen molar-refractivity contribution in [3.8, 4) is 0 Å². The number of aliphatic imine (C=N–C) groups is 1. The van der Waals surface area contributed by atoms with Gasteiger partial charge in [-0.1, -0.05) is 6.07 Å². The van der Waals surface area contributed by atoms with Gasteiger partial charge in [-0.2, -0.15) is 4.99 Å².